The van der Waals surface area contributed by atoms with Gasteiger partial charge in [-0.3, -0.25) is 9.48 Å². The summed E-state index contributed by atoms with van der Waals surface area (Å²) in [5.74, 6) is -0.203. The quantitative estimate of drug-likeness (QED) is 0.445. The van der Waals surface area contributed by atoms with Crippen LogP contribution in [0.25, 0.3) is 27.7 Å². The van der Waals surface area contributed by atoms with Crippen LogP contribution in [-0.4, -0.2) is 60.3 Å². The Hall–Kier alpha value is -3.98. The molecule has 1 aliphatic rings. The van der Waals surface area contributed by atoms with Gasteiger partial charge in [0, 0.05) is 41.9 Å². The van der Waals surface area contributed by atoms with E-state index in [2.05, 4.69) is 43.5 Å². The maximum absolute atomic E-state index is 13.0. The van der Waals surface area contributed by atoms with Crippen LogP contribution in [0.5, 0.6) is 0 Å². The lowest BCUT2D eigenvalue weighted by molar-refractivity contribution is 0.102. The second-order valence-corrected chi connectivity index (χ2v) is 8.64. The highest BCUT2D eigenvalue weighted by atomic mass is 16.1. The second kappa shape index (κ2) is 7.86. The van der Waals surface area contributed by atoms with E-state index in [9.17, 15) is 4.79 Å². The van der Waals surface area contributed by atoms with Gasteiger partial charge in [-0.2, -0.15) is 10.2 Å². The molecule has 166 valence electrons. The molecule has 1 saturated heterocycles. The molecule has 0 spiro atoms. The van der Waals surface area contributed by atoms with Crippen molar-refractivity contribution in [1.29, 1.82) is 0 Å². The van der Waals surface area contributed by atoms with Crippen LogP contribution in [0.2, 0.25) is 0 Å². The predicted octanol–water partition coefficient (Wildman–Crippen LogP) is 3.59. The van der Waals surface area contributed by atoms with E-state index in [0.29, 0.717) is 17.3 Å². The minimum atomic E-state index is -0.203. The van der Waals surface area contributed by atoms with Crippen LogP contribution in [0.3, 0.4) is 0 Å². The molecule has 1 amide bonds. The lowest BCUT2D eigenvalue weighted by atomic mass is 10.1. The van der Waals surface area contributed by atoms with Crippen LogP contribution in [0.15, 0.2) is 61.4 Å². The van der Waals surface area contributed by atoms with Gasteiger partial charge in [0.05, 0.1) is 29.0 Å². The third-order valence-electron chi connectivity index (χ3n) is 6.43. The smallest absolute Gasteiger partial charge is 0.257 e. The third-order valence-corrected chi connectivity index (χ3v) is 6.43. The van der Waals surface area contributed by atoms with Gasteiger partial charge < -0.3 is 15.2 Å². The zero-order valence-corrected chi connectivity index (χ0v) is 18.3. The van der Waals surface area contributed by atoms with Crippen molar-refractivity contribution in [2.24, 2.45) is 0 Å². The molecule has 0 unspecified atom stereocenters. The van der Waals surface area contributed by atoms with Gasteiger partial charge in [0.1, 0.15) is 5.65 Å². The number of piperidine rings is 1. The molecule has 2 N–H and O–H groups in total. The molecule has 1 aliphatic heterocycles. The summed E-state index contributed by atoms with van der Waals surface area (Å²) in [5.41, 5.74) is 4.97. The number of hydrogen-bond donors (Lipinski definition) is 2. The topological polar surface area (TPSA) is 96.1 Å². The van der Waals surface area contributed by atoms with Crippen molar-refractivity contribution in [3.63, 3.8) is 0 Å². The molecule has 0 bridgehead atoms. The molecule has 5 aromatic heterocycles. The number of H-pyrrole nitrogens is 1. The number of carbonyl (C=O) groups excluding carboxylic acids is 1. The number of fused-ring (bicyclic) bond motifs is 2. The molecule has 0 aliphatic carbocycles. The van der Waals surface area contributed by atoms with Gasteiger partial charge in [0.15, 0.2) is 0 Å². The molecule has 0 aromatic carbocycles. The molecule has 0 radical (unpaired) electrons. The van der Waals surface area contributed by atoms with E-state index >= 15 is 0 Å². The first kappa shape index (κ1) is 19.7. The second-order valence-electron chi connectivity index (χ2n) is 8.64. The average Bonchev–Trinajstić information content (AvgIpc) is 3.58. The molecule has 6 rings (SSSR count). The lowest BCUT2D eigenvalue weighted by Crippen LogP contribution is -2.31. The zero-order valence-electron chi connectivity index (χ0n) is 18.3. The van der Waals surface area contributed by atoms with E-state index in [1.807, 2.05) is 46.0 Å². The lowest BCUT2D eigenvalue weighted by Gasteiger charge is -2.28. The fourth-order valence-corrected chi connectivity index (χ4v) is 4.52. The summed E-state index contributed by atoms with van der Waals surface area (Å²) in [6.45, 7) is 2.12. The Labute approximate surface area is 190 Å². The first-order chi connectivity index (χ1) is 16.1. The Kier molecular flexibility index (Phi) is 4.69. The molecular weight excluding hydrogens is 416 g/mol. The SMILES string of the molecule is CN1CCC(n2cc(NC(=O)c3cnc4[nH]cc(-c5ccn6nccc6c5)c4c3)cn2)CC1. The Morgan fingerprint density at radius 1 is 1.15 bits per heavy atom. The normalized spacial score (nSPS) is 15.4. The monoisotopic (exact) mass is 440 g/mol. The minimum Gasteiger partial charge on any atom is -0.346 e. The number of hydrogen-bond acceptors (Lipinski definition) is 5. The van der Waals surface area contributed by atoms with E-state index in [1.54, 1.807) is 18.6 Å². The van der Waals surface area contributed by atoms with Crippen LogP contribution >= 0.6 is 0 Å². The molecule has 9 nitrogen and oxygen atoms in total. The maximum atomic E-state index is 13.0. The average molecular weight is 441 g/mol. The third kappa shape index (κ3) is 3.66. The summed E-state index contributed by atoms with van der Waals surface area (Å²) >= 11 is 0. The Morgan fingerprint density at radius 3 is 2.91 bits per heavy atom. The van der Waals surface area contributed by atoms with E-state index in [0.717, 1.165) is 53.6 Å². The fourth-order valence-electron chi connectivity index (χ4n) is 4.52. The van der Waals surface area contributed by atoms with Crippen molar-refractivity contribution in [3.05, 3.63) is 67.0 Å². The molecule has 33 heavy (non-hydrogen) atoms. The standard InChI is InChI=1S/C24H24N8O/c1-30-7-4-19(5-8-30)32-15-18(13-28-32)29-24(33)17-11-21-22(14-26-23(21)25-12-17)16-3-9-31-20(10-16)2-6-27-31/h2-3,6,9-15,19H,4-5,7-8H2,1H3,(H,25,26)(H,29,33). The highest BCUT2D eigenvalue weighted by Gasteiger charge is 2.19. The van der Waals surface area contributed by atoms with Crippen molar-refractivity contribution in [2.75, 3.05) is 25.5 Å². The molecule has 9 heteroatoms. The van der Waals surface area contributed by atoms with Crippen molar-refractivity contribution in [1.82, 2.24) is 34.3 Å². The maximum Gasteiger partial charge on any atom is 0.257 e. The van der Waals surface area contributed by atoms with Gasteiger partial charge in [-0.1, -0.05) is 0 Å². The van der Waals surface area contributed by atoms with E-state index in [-0.39, 0.29) is 5.91 Å². The molecular formula is C24H24N8O. The first-order valence-electron chi connectivity index (χ1n) is 11.1. The zero-order chi connectivity index (χ0) is 22.4. The summed E-state index contributed by atoms with van der Waals surface area (Å²) in [5, 5.41) is 12.6. The van der Waals surface area contributed by atoms with Crippen molar-refractivity contribution in [2.45, 2.75) is 18.9 Å². The number of nitrogens with one attached hydrogen (secondary N) is 2. The predicted molar refractivity (Wildman–Crippen MR) is 126 cm³/mol. The number of anilines is 1. The van der Waals surface area contributed by atoms with Crippen molar-refractivity contribution < 1.29 is 4.79 Å². The number of pyridine rings is 2. The van der Waals surface area contributed by atoms with Crippen LogP contribution in [0.1, 0.15) is 29.2 Å². The molecule has 0 atom stereocenters. The van der Waals surface area contributed by atoms with Gasteiger partial charge in [0.25, 0.3) is 5.91 Å². The molecule has 6 heterocycles. The van der Waals surface area contributed by atoms with E-state index in [1.165, 1.54) is 0 Å². The fraction of sp³-hybridized carbons (Fsp3) is 0.250. The summed E-state index contributed by atoms with van der Waals surface area (Å²) in [6.07, 6.45) is 13.0. The van der Waals surface area contributed by atoms with Gasteiger partial charge in [-0.05, 0) is 62.8 Å². The number of aromatic nitrogens is 6. The number of nitrogens with zero attached hydrogens (tertiary/aromatic N) is 6. The first-order valence-corrected chi connectivity index (χ1v) is 11.1. The van der Waals surface area contributed by atoms with Crippen LogP contribution < -0.4 is 5.32 Å². The summed E-state index contributed by atoms with van der Waals surface area (Å²) in [7, 11) is 2.14. The van der Waals surface area contributed by atoms with Crippen molar-refractivity contribution in [3.8, 4) is 11.1 Å². The van der Waals surface area contributed by atoms with Crippen LogP contribution in [-0.2, 0) is 0 Å². The summed E-state index contributed by atoms with van der Waals surface area (Å²) in [6, 6.07) is 8.29. The van der Waals surface area contributed by atoms with Gasteiger partial charge in [-0.25, -0.2) is 9.50 Å². The van der Waals surface area contributed by atoms with E-state index in [4.69, 9.17) is 0 Å². The minimum absolute atomic E-state index is 0.203. The number of likely N-dealkylation sites (tertiary alicyclic amines) is 1. The number of carbonyl (C=O) groups is 1. The Bertz CT molecular complexity index is 1450. The number of rotatable bonds is 4. The molecule has 1 fully saturated rings. The number of aromatic amines is 1. The highest BCUT2D eigenvalue weighted by Crippen LogP contribution is 2.29. The van der Waals surface area contributed by atoms with E-state index < -0.39 is 0 Å². The van der Waals surface area contributed by atoms with Gasteiger partial charge >= 0.3 is 0 Å². The molecule has 5 aromatic rings. The van der Waals surface area contributed by atoms with Crippen molar-refractivity contribution >= 4 is 28.1 Å². The van der Waals surface area contributed by atoms with Crippen LogP contribution in [0.4, 0.5) is 5.69 Å². The summed E-state index contributed by atoms with van der Waals surface area (Å²) in [4.78, 5) is 23.0. The Balaban J connectivity index is 1.24. The Morgan fingerprint density at radius 2 is 2.03 bits per heavy atom. The number of amides is 1. The van der Waals surface area contributed by atoms with Gasteiger partial charge in [-0.15, -0.1) is 0 Å². The highest BCUT2D eigenvalue weighted by molar-refractivity contribution is 6.07. The molecule has 0 saturated carbocycles. The largest absolute Gasteiger partial charge is 0.346 e. The summed E-state index contributed by atoms with van der Waals surface area (Å²) < 4.78 is 3.79. The van der Waals surface area contributed by atoms with Crippen LogP contribution in [0, 0.1) is 0 Å². The van der Waals surface area contributed by atoms with Gasteiger partial charge in [0.2, 0.25) is 0 Å².